The summed E-state index contributed by atoms with van der Waals surface area (Å²) in [5.41, 5.74) is -0.390. The third-order valence-corrected chi connectivity index (χ3v) is 7.95. The highest BCUT2D eigenvalue weighted by molar-refractivity contribution is 5.98. The van der Waals surface area contributed by atoms with E-state index in [2.05, 4.69) is 10.2 Å². The third kappa shape index (κ3) is 3.76. The Morgan fingerprint density at radius 2 is 1.88 bits per heavy atom. The molecule has 0 radical (unpaired) electrons. The molecule has 7 nitrogen and oxygen atoms in total. The average Bonchev–Trinajstić information content (AvgIpc) is 2.96. The van der Waals surface area contributed by atoms with Gasteiger partial charge in [-0.3, -0.25) is 14.4 Å². The summed E-state index contributed by atoms with van der Waals surface area (Å²) in [4.78, 5) is 43.0. The van der Waals surface area contributed by atoms with Crippen molar-refractivity contribution in [1.29, 1.82) is 0 Å². The third-order valence-electron chi connectivity index (χ3n) is 7.95. The van der Waals surface area contributed by atoms with Crippen molar-refractivity contribution in [2.45, 2.75) is 82.5 Å². The standard InChI is InChI=1S/C25H33N3O4/c1-17(24(31)28-15-6-8-18-7-2-4-10-20(18)28)27-16-14-25(13-12-22(27)29)26-23(30)19-9-3-5-11-21(19)32-25/h3,5,9,11,17-18,20H,2,4,6-8,10,12-16H2,1H3,(H,26,30)/t17-,18+,20-,25-/m0/s1. The molecule has 3 heterocycles. The molecule has 3 amide bonds. The lowest BCUT2D eigenvalue weighted by Gasteiger charge is -2.46. The first-order valence-corrected chi connectivity index (χ1v) is 12.2. The fourth-order valence-corrected chi connectivity index (χ4v) is 6.17. The molecule has 3 fully saturated rings. The lowest BCUT2D eigenvalue weighted by atomic mass is 9.78. The Labute approximate surface area is 189 Å². The van der Waals surface area contributed by atoms with E-state index in [1.165, 1.54) is 25.7 Å². The number of nitrogens with one attached hydrogen (secondary N) is 1. The number of benzene rings is 1. The van der Waals surface area contributed by atoms with Crippen LogP contribution < -0.4 is 10.1 Å². The van der Waals surface area contributed by atoms with Gasteiger partial charge >= 0.3 is 0 Å². The van der Waals surface area contributed by atoms with E-state index >= 15 is 0 Å². The SMILES string of the molecule is C[C@@H](C(=O)N1CCC[C@H]2CCCC[C@@H]21)N1CC[C@@]2(CCC1=O)NC(=O)c1ccccc1O2. The van der Waals surface area contributed by atoms with E-state index in [9.17, 15) is 14.4 Å². The first kappa shape index (κ1) is 21.3. The Balaban J connectivity index is 1.30. The van der Waals surface area contributed by atoms with Gasteiger partial charge in [-0.2, -0.15) is 0 Å². The highest BCUT2D eigenvalue weighted by Gasteiger charge is 2.45. The van der Waals surface area contributed by atoms with Gasteiger partial charge in [-0.05, 0) is 50.7 Å². The smallest absolute Gasteiger partial charge is 0.258 e. The van der Waals surface area contributed by atoms with E-state index in [0.717, 1.165) is 19.4 Å². The second-order valence-corrected chi connectivity index (χ2v) is 9.85. The summed E-state index contributed by atoms with van der Waals surface area (Å²) in [6, 6.07) is 7.02. The topological polar surface area (TPSA) is 79.0 Å². The molecule has 2 saturated heterocycles. The minimum Gasteiger partial charge on any atom is -0.467 e. The number of rotatable bonds is 2. The molecule has 3 aliphatic heterocycles. The van der Waals surface area contributed by atoms with Gasteiger partial charge in [-0.25, -0.2) is 0 Å². The molecule has 0 aromatic heterocycles. The van der Waals surface area contributed by atoms with Crippen LogP contribution >= 0.6 is 0 Å². The molecule has 1 aromatic carbocycles. The van der Waals surface area contributed by atoms with Crippen molar-refractivity contribution in [3.05, 3.63) is 29.8 Å². The quantitative estimate of drug-likeness (QED) is 0.768. The highest BCUT2D eigenvalue weighted by atomic mass is 16.5. The molecule has 5 rings (SSSR count). The molecule has 1 aliphatic carbocycles. The number of nitrogens with zero attached hydrogens (tertiary/aromatic N) is 2. The molecular weight excluding hydrogens is 406 g/mol. The van der Waals surface area contributed by atoms with Gasteiger partial charge in [0.05, 0.1) is 5.56 Å². The molecule has 0 bridgehead atoms. The van der Waals surface area contributed by atoms with Gasteiger partial charge in [0.1, 0.15) is 11.8 Å². The van der Waals surface area contributed by atoms with Crippen LogP contribution in [-0.2, 0) is 9.59 Å². The second kappa shape index (κ2) is 8.41. The van der Waals surface area contributed by atoms with E-state index in [1.54, 1.807) is 17.0 Å². The number of piperidine rings is 1. The fraction of sp³-hybridized carbons (Fsp3) is 0.640. The number of fused-ring (bicyclic) bond motifs is 2. The van der Waals surface area contributed by atoms with Crippen LogP contribution in [0.15, 0.2) is 24.3 Å². The zero-order valence-electron chi connectivity index (χ0n) is 18.8. The van der Waals surface area contributed by atoms with E-state index in [4.69, 9.17) is 4.74 Å². The fourth-order valence-electron chi connectivity index (χ4n) is 6.17. The number of likely N-dealkylation sites (tertiary alicyclic amines) is 2. The summed E-state index contributed by atoms with van der Waals surface area (Å²) in [6.45, 7) is 3.04. The predicted octanol–water partition coefficient (Wildman–Crippen LogP) is 3.09. The Morgan fingerprint density at radius 3 is 2.75 bits per heavy atom. The lowest BCUT2D eigenvalue weighted by Crippen LogP contribution is -2.57. The Morgan fingerprint density at radius 1 is 1.09 bits per heavy atom. The van der Waals surface area contributed by atoms with Gasteiger partial charge in [0.15, 0.2) is 5.72 Å². The summed E-state index contributed by atoms with van der Waals surface area (Å²) in [5.74, 6) is 1.02. The predicted molar refractivity (Wildman–Crippen MR) is 119 cm³/mol. The maximum Gasteiger partial charge on any atom is 0.258 e. The van der Waals surface area contributed by atoms with Gasteiger partial charge in [0.2, 0.25) is 11.8 Å². The molecule has 4 atom stereocenters. The van der Waals surface area contributed by atoms with Gasteiger partial charge < -0.3 is 19.9 Å². The van der Waals surface area contributed by atoms with Crippen LogP contribution in [-0.4, -0.2) is 58.4 Å². The van der Waals surface area contributed by atoms with Crippen molar-refractivity contribution in [1.82, 2.24) is 15.1 Å². The molecule has 32 heavy (non-hydrogen) atoms. The zero-order valence-corrected chi connectivity index (χ0v) is 18.8. The van der Waals surface area contributed by atoms with E-state index in [-0.39, 0.29) is 24.1 Å². The maximum absolute atomic E-state index is 13.5. The first-order valence-electron chi connectivity index (χ1n) is 12.2. The lowest BCUT2D eigenvalue weighted by molar-refractivity contribution is -0.149. The maximum atomic E-state index is 13.5. The van der Waals surface area contributed by atoms with E-state index in [1.807, 2.05) is 19.1 Å². The molecule has 4 aliphatic rings. The Kier molecular flexibility index (Phi) is 5.59. The van der Waals surface area contributed by atoms with Crippen molar-refractivity contribution >= 4 is 17.7 Å². The van der Waals surface area contributed by atoms with Crippen LogP contribution in [0.3, 0.4) is 0 Å². The molecule has 1 aromatic rings. The number of carbonyl (C=O) groups excluding carboxylic acids is 3. The molecule has 1 N–H and O–H groups in total. The van der Waals surface area contributed by atoms with Crippen LogP contribution in [0.1, 0.15) is 75.1 Å². The monoisotopic (exact) mass is 439 g/mol. The number of hydrogen-bond donors (Lipinski definition) is 1. The number of carbonyl (C=O) groups is 3. The van der Waals surface area contributed by atoms with Gasteiger partial charge in [-0.15, -0.1) is 0 Å². The number of para-hydroxylation sites is 1. The molecule has 7 heteroatoms. The van der Waals surface area contributed by atoms with Crippen LogP contribution in [0.2, 0.25) is 0 Å². The van der Waals surface area contributed by atoms with E-state index < -0.39 is 11.8 Å². The Hall–Kier alpha value is -2.57. The number of amides is 3. The summed E-state index contributed by atoms with van der Waals surface area (Å²) in [7, 11) is 0. The first-order chi connectivity index (χ1) is 15.5. The van der Waals surface area contributed by atoms with Gasteiger partial charge in [0.25, 0.3) is 5.91 Å². The molecule has 0 unspecified atom stereocenters. The minimum absolute atomic E-state index is 0.0448. The zero-order chi connectivity index (χ0) is 22.3. The number of hydrogen-bond acceptors (Lipinski definition) is 4. The Bertz CT molecular complexity index is 916. The second-order valence-electron chi connectivity index (χ2n) is 9.85. The summed E-state index contributed by atoms with van der Waals surface area (Å²) in [5, 5.41) is 3.00. The van der Waals surface area contributed by atoms with Crippen LogP contribution in [0.25, 0.3) is 0 Å². The van der Waals surface area contributed by atoms with Crippen LogP contribution in [0.5, 0.6) is 5.75 Å². The molecule has 172 valence electrons. The average molecular weight is 440 g/mol. The number of ether oxygens (including phenoxy) is 1. The van der Waals surface area contributed by atoms with E-state index in [0.29, 0.717) is 42.7 Å². The minimum atomic E-state index is -0.905. The molecule has 1 saturated carbocycles. The van der Waals surface area contributed by atoms with Crippen LogP contribution in [0.4, 0.5) is 0 Å². The van der Waals surface area contributed by atoms with Crippen molar-refractivity contribution < 1.29 is 19.1 Å². The normalized spacial score (nSPS) is 31.2. The van der Waals surface area contributed by atoms with Crippen molar-refractivity contribution in [2.24, 2.45) is 5.92 Å². The largest absolute Gasteiger partial charge is 0.467 e. The molecular formula is C25H33N3O4. The molecule has 1 spiro atoms. The van der Waals surface area contributed by atoms with Crippen molar-refractivity contribution in [2.75, 3.05) is 13.1 Å². The highest BCUT2D eigenvalue weighted by Crippen LogP contribution is 2.37. The van der Waals surface area contributed by atoms with Crippen molar-refractivity contribution in [3.8, 4) is 5.75 Å². The summed E-state index contributed by atoms with van der Waals surface area (Å²) >= 11 is 0. The summed E-state index contributed by atoms with van der Waals surface area (Å²) < 4.78 is 6.23. The van der Waals surface area contributed by atoms with Crippen LogP contribution in [0, 0.1) is 5.92 Å². The summed E-state index contributed by atoms with van der Waals surface area (Å²) in [6.07, 6.45) is 8.12. The van der Waals surface area contributed by atoms with Gasteiger partial charge in [-0.1, -0.05) is 25.0 Å². The van der Waals surface area contributed by atoms with Gasteiger partial charge in [0, 0.05) is 38.4 Å². The van der Waals surface area contributed by atoms with Crippen molar-refractivity contribution in [3.63, 3.8) is 0 Å².